The van der Waals surface area contributed by atoms with Gasteiger partial charge in [-0.1, -0.05) is 13.0 Å². The van der Waals surface area contributed by atoms with E-state index in [1.807, 2.05) is 11.8 Å². The number of hydrogen-bond donors (Lipinski definition) is 1. The molecule has 10 heteroatoms. The molecule has 1 N–H and O–H groups in total. The largest absolute Gasteiger partial charge is 0.493 e. The second-order valence-electron chi connectivity index (χ2n) is 5.82. The highest BCUT2D eigenvalue weighted by Crippen LogP contribution is 2.27. The van der Waals surface area contributed by atoms with E-state index in [4.69, 9.17) is 9.47 Å². The second kappa shape index (κ2) is 9.18. The lowest BCUT2D eigenvalue weighted by Crippen LogP contribution is -2.18. The van der Waals surface area contributed by atoms with E-state index in [-0.39, 0.29) is 10.6 Å². The van der Waals surface area contributed by atoms with Crippen molar-refractivity contribution in [2.24, 2.45) is 5.10 Å². The first-order valence-electron chi connectivity index (χ1n) is 8.39. The fourth-order valence-corrected chi connectivity index (χ4v) is 3.09. The van der Waals surface area contributed by atoms with Crippen molar-refractivity contribution in [2.45, 2.75) is 25.2 Å². The van der Waals surface area contributed by atoms with Crippen molar-refractivity contribution in [3.05, 3.63) is 57.6 Å². The van der Waals surface area contributed by atoms with Crippen LogP contribution < -0.4 is 14.3 Å². The van der Waals surface area contributed by atoms with E-state index < -0.39 is 14.9 Å². The second-order valence-corrected chi connectivity index (χ2v) is 7.48. The topological polar surface area (TPSA) is 120 Å². The Kier molecular flexibility index (Phi) is 6.94. The molecule has 150 valence electrons. The SMILES string of the molecule is CCCOc1cc(/C=N\NS(=O)(=O)c2ccc(C)c([N+](=O)[O-])c2)ccc1OC. The first kappa shape index (κ1) is 21.2. The number of ether oxygens (including phenoxy) is 2. The minimum Gasteiger partial charge on any atom is -0.493 e. The molecule has 2 rings (SSSR count). The Morgan fingerprint density at radius 2 is 1.96 bits per heavy atom. The average Bonchev–Trinajstić information content (AvgIpc) is 2.66. The van der Waals surface area contributed by atoms with Gasteiger partial charge in [0.25, 0.3) is 15.7 Å². The molecule has 0 aromatic heterocycles. The molecule has 0 amide bonds. The molecule has 2 aromatic carbocycles. The van der Waals surface area contributed by atoms with Crippen molar-refractivity contribution in [1.29, 1.82) is 0 Å². The summed E-state index contributed by atoms with van der Waals surface area (Å²) in [7, 11) is -2.52. The van der Waals surface area contributed by atoms with E-state index in [0.29, 0.717) is 29.2 Å². The van der Waals surface area contributed by atoms with Gasteiger partial charge in [-0.05, 0) is 43.2 Å². The molecule has 0 unspecified atom stereocenters. The van der Waals surface area contributed by atoms with Gasteiger partial charge in [0.15, 0.2) is 11.5 Å². The molecule has 9 nitrogen and oxygen atoms in total. The van der Waals surface area contributed by atoms with Crippen molar-refractivity contribution in [1.82, 2.24) is 4.83 Å². The van der Waals surface area contributed by atoms with Crippen LogP contribution in [0.25, 0.3) is 0 Å². The third-order valence-corrected chi connectivity index (χ3v) is 4.94. The Hall–Kier alpha value is -3.14. The molecule has 0 heterocycles. The number of aryl methyl sites for hydroxylation is 1. The highest BCUT2D eigenvalue weighted by atomic mass is 32.2. The number of nitrogens with zero attached hydrogens (tertiary/aromatic N) is 2. The van der Waals surface area contributed by atoms with E-state index >= 15 is 0 Å². The zero-order chi connectivity index (χ0) is 20.7. The molecular formula is C18H21N3O6S. The third-order valence-electron chi connectivity index (χ3n) is 3.72. The summed E-state index contributed by atoms with van der Waals surface area (Å²) in [6.45, 7) is 4.01. The van der Waals surface area contributed by atoms with Gasteiger partial charge >= 0.3 is 0 Å². The maximum atomic E-state index is 12.3. The quantitative estimate of drug-likeness (QED) is 0.387. The maximum Gasteiger partial charge on any atom is 0.276 e. The van der Waals surface area contributed by atoms with E-state index in [9.17, 15) is 18.5 Å². The highest BCUT2D eigenvalue weighted by molar-refractivity contribution is 7.89. The van der Waals surface area contributed by atoms with Gasteiger partial charge in [0.05, 0.1) is 29.8 Å². The molecule has 0 atom stereocenters. The molecule has 0 aliphatic heterocycles. The molecule has 0 spiro atoms. The smallest absolute Gasteiger partial charge is 0.276 e. The summed E-state index contributed by atoms with van der Waals surface area (Å²) in [6, 6.07) is 8.69. The van der Waals surface area contributed by atoms with Crippen LogP contribution in [0.4, 0.5) is 5.69 Å². The number of rotatable bonds is 9. The van der Waals surface area contributed by atoms with Crippen LogP contribution in [0.15, 0.2) is 46.4 Å². The number of methoxy groups -OCH3 is 1. The number of benzene rings is 2. The summed E-state index contributed by atoms with van der Waals surface area (Å²) >= 11 is 0. The van der Waals surface area contributed by atoms with Gasteiger partial charge < -0.3 is 9.47 Å². The first-order chi connectivity index (χ1) is 13.3. The Morgan fingerprint density at radius 1 is 1.21 bits per heavy atom. The van der Waals surface area contributed by atoms with Gasteiger partial charge in [-0.15, -0.1) is 0 Å². The summed E-state index contributed by atoms with van der Waals surface area (Å²) in [5.74, 6) is 1.07. The van der Waals surface area contributed by atoms with Crippen LogP contribution in [0.1, 0.15) is 24.5 Å². The molecular weight excluding hydrogens is 386 g/mol. The van der Waals surface area contributed by atoms with Crippen LogP contribution >= 0.6 is 0 Å². The van der Waals surface area contributed by atoms with Crippen LogP contribution in [-0.4, -0.2) is 33.3 Å². The summed E-state index contributed by atoms with van der Waals surface area (Å²) in [6.07, 6.45) is 2.13. The predicted molar refractivity (Wildman–Crippen MR) is 105 cm³/mol. The zero-order valence-corrected chi connectivity index (χ0v) is 16.5. The van der Waals surface area contributed by atoms with Gasteiger partial charge in [0, 0.05) is 11.6 Å². The van der Waals surface area contributed by atoms with E-state index in [2.05, 4.69) is 5.10 Å². The summed E-state index contributed by atoms with van der Waals surface area (Å²) in [5.41, 5.74) is 0.675. The molecule has 0 aliphatic rings. The fourth-order valence-electron chi connectivity index (χ4n) is 2.27. The highest BCUT2D eigenvalue weighted by Gasteiger charge is 2.19. The number of sulfonamides is 1. The van der Waals surface area contributed by atoms with Crippen molar-refractivity contribution < 1.29 is 22.8 Å². The predicted octanol–water partition coefficient (Wildman–Crippen LogP) is 3.01. The maximum absolute atomic E-state index is 12.3. The van der Waals surface area contributed by atoms with Gasteiger partial charge in [-0.3, -0.25) is 10.1 Å². The Bertz CT molecular complexity index is 989. The van der Waals surface area contributed by atoms with E-state index in [1.165, 1.54) is 32.4 Å². The molecule has 0 saturated carbocycles. The zero-order valence-electron chi connectivity index (χ0n) is 15.7. The standard InChI is InChI=1S/C18H21N3O6S/c1-4-9-27-18-10-14(6-8-17(18)26-3)12-19-20-28(24,25)15-7-5-13(2)16(11-15)21(22)23/h5-8,10-12,20H,4,9H2,1-3H3/b19-12-. The monoisotopic (exact) mass is 407 g/mol. The van der Waals surface area contributed by atoms with Crippen LogP contribution in [0.3, 0.4) is 0 Å². The molecule has 0 bridgehead atoms. The van der Waals surface area contributed by atoms with E-state index in [0.717, 1.165) is 12.5 Å². The molecule has 0 fully saturated rings. The lowest BCUT2D eigenvalue weighted by molar-refractivity contribution is -0.385. The summed E-state index contributed by atoms with van der Waals surface area (Å²) in [5, 5.41) is 14.7. The van der Waals surface area contributed by atoms with Crippen LogP contribution in [0.2, 0.25) is 0 Å². The number of nitrogens with one attached hydrogen (secondary N) is 1. The van der Waals surface area contributed by atoms with Gasteiger partial charge in [-0.2, -0.15) is 13.5 Å². The minimum atomic E-state index is -4.05. The van der Waals surface area contributed by atoms with Crippen LogP contribution in [0.5, 0.6) is 11.5 Å². The van der Waals surface area contributed by atoms with Crippen molar-refractivity contribution in [3.63, 3.8) is 0 Å². The van der Waals surface area contributed by atoms with Crippen molar-refractivity contribution in [3.8, 4) is 11.5 Å². The lowest BCUT2D eigenvalue weighted by atomic mass is 10.2. The van der Waals surface area contributed by atoms with Gasteiger partial charge in [0.2, 0.25) is 0 Å². The third kappa shape index (κ3) is 5.19. The van der Waals surface area contributed by atoms with Crippen LogP contribution in [0, 0.1) is 17.0 Å². The summed E-state index contributed by atoms with van der Waals surface area (Å²) in [4.78, 5) is 12.2. The fraction of sp³-hybridized carbons (Fsp3) is 0.278. The molecule has 2 aromatic rings. The van der Waals surface area contributed by atoms with Crippen molar-refractivity contribution >= 4 is 21.9 Å². The summed E-state index contributed by atoms with van der Waals surface area (Å²) < 4.78 is 35.5. The van der Waals surface area contributed by atoms with Crippen LogP contribution in [-0.2, 0) is 10.0 Å². The molecule has 28 heavy (non-hydrogen) atoms. The number of hydrazone groups is 1. The number of nitro benzene ring substituents is 1. The van der Waals surface area contributed by atoms with Gasteiger partial charge in [0.1, 0.15) is 0 Å². The minimum absolute atomic E-state index is 0.247. The van der Waals surface area contributed by atoms with Crippen molar-refractivity contribution in [2.75, 3.05) is 13.7 Å². The Morgan fingerprint density at radius 3 is 2.61 bits per heavy atom. The van der Waals surface area contributed by atoms with E-state index in [1.54, 1.807) is 18.2 Å². The normalized spacial score (nSPS) is 11.4. The van der Waals surface area contributed by atoms with Gasteiger partial charge in [-0.25, -0.2) is 4.83 Å². The Balaban J connectivity index is 2.19. The number of hydrogen-bond acceptors (Lipinski definition) is 7. The Labute approximate surface area is 163 Å². The lowest BCUT2D eigenvalue weighted by Gasteiger charge is -2.10. The first-order valence-corrected chi connectivity index (χ1v) is 9.87. The molecule has 0 radical (unpaired) electrons. The molecule has 0 saturated heterocycles. The number of nitro groups is 1. The average molecular weight is 407 g/mol. The molecule has 0 aliphatic carbocycles.